The van der Waals surface area contributed by atoms with Crippen LogP contribution < -0.4 is 11.4 Å². The highest BCUT2D eigenvalue weighted by Crippen LogP contribution is 2.33. The molecule has 0 spiro atoms. The van der Waals surface area contributed by atoms with E-state index in [4.69, 9.17) is 24.7 Å². The molecule has 2 N–H and O–H groups in total. The zero-order valence-corrected chi connectivity index (χ0v) is 20.6. The van der Waals surface area contributed by atoms with Crippen molar-refractivity contribution in [2.45, 2.75) is 52.2 Å². The molecule has 0 aliphatic carbocycles. The minimum atomic E-state index is -1.04. The van der Waals surface area contributed by atoms with Gasteiger partial charge in [0, 0.05) is 30.5 Å². The van der Waals surface area contributed by atoms with Crippen molar-refractivity contribution in [3.63, 3.8) is 0 Å². The third kappa shape index (κ3) is 5.23. The van der Waals surface area contributed by atoms with Crippen LogP contribution in [0.15, 0.2) is 22.4 Å². The molecule has 0 bridgehead atoms. The third-order valence-electron chi connectivity index (χ3n) is 5.39. The highest BCUT2D eigenvalue weighted by atomic mass is 32.1. The number of ether oxygens (including phenoxy) is 4. The molecule has 1 aliphatic rings. The second-order valence-corrected chi connectivity index (χ2v) is 9.03. The molecule has 1 fully saturated rings. The first kappa shape index (κ1) is 25.3. The van der Waals surface area contributed by atoms with E-state index in [0.29, 0.717) is 16.0 Å². The van der Waals surface area contributed by atoms with Crippen molar-refractivity contribution in [2.75, 3.05) is 18.9 Å². The smallest absolute Gasteiger partial charge is 0.338 e. The maximum atomic E-state index is 13.7. The second kappa shape index (κ2) is 10.5. The summed E-state index contributed by atoms with van der Waals surface area (Å²) in [6.45, 7) is 4.53. The summed E-state index contributed by atoms with van der Waals surface area (Å²) in [4.78, 5) is 57.7. The van der Waals surface area contributed by atoms with Crippen molar-refractivity contribution < 1.29 is 33.3 Å². The van der Waals surface area contributed by atoms with Crippen LogP contribution in [-0.4, -0.2) is 62.4 Å². The van der Waals surface area contributed by atoms with Gasteiger partial charge in [-0.1, -0.05) is 0 Å². The third-order valence-corrected chi connectivity index (χ3v) is 6.31. The van der Waals surface area contributed by atoms with Gasteiger partial charge in [0.05, 0.1) is 31.0 Å². The Balaban J connectivity index is 1.73. The topological polar surface area (TPSA) is 167 Å². The van der Waals surface area contributed by atoms with Gasteiger partial charge in [-0.2, -0.15) is 4.98 Å². The van der Waals surface area contributed by atoms with E-state index in [9.17, 15) is 19.2 Å². The van der Waals surface area contributed by atoms with Gasteiger partial charge < -0.3 is 24.7 Å². The van der Waals surface area contributed by atoms with E-state index in [1.807, 2.05) is 0 Å². The first-order valence-electron chi connectivity index (χ1n) is 11.1. The maximum Gasteiger partial charge on any atom is 0.338 e. The number of fused-ring (bicyclic) bond motifs is 1. The van der Waals surface area contributed by atoms with E-state index < -0.39 is 42.0 Å². The Morgan fingerprint density at radius 2 is 2.03 bits per heavy atom. The summed E-state index contributed by atoms with van der Waals surface area (Å²) in [5.41, 5.74) is 6.24. The van der Waals surface area contributed by atoms with Crippen molar-refractivity contribution in [3.05, 3.63) is 38.6 Å². The Hall–Kier alpha value is -3.78. The zero-order valence-electron chi connectivity index (χ0n) is 19.8. The summed E-state index contributed by atoms with van der Waals surface area (Å²) in [6.07, 6.45) is -0.879. The second-order valence-electron chi connectivity index (χ2n) is 8.03. The van der Waals surface area contributed by atoms with Gasteiger partial charge in [-0.05, 0) is 13.0 Å². The fourth-order valence-corrected chi connectivity index (χ4v) is 4.82. The lowest BCUT2D eigenvalue weighted by Gasteiger charge is -2.19. The lowest BCUT2D eigenvalue weighted by molar-refractivity contribution is -0.153. The van der Waals surface area contributed by atoms with Crippen LogP contribution in [0.3, 0.4) is 0 Å². The van der Waals surface area contributed by atoms with Gasteiger partial charge in [0.2, 0.25) is 5.95 Å². The fraction of sp³-hybridized carbons (Fsp3) is 0.455. The molecule has 4 heterocycles. The van der Waals surface area contributed by atoms with Gasteiger partial charge in [-0.25, -0.2) is 19.1 Å². The predicted molar refractivity (Wildman–Crippen MR) is 126 cm³/mol. The van der Waals surface area contributed by atoms with Gasteiger partial charge >= 0.3 is 23.6 Å². The first-order valence-corrected chi connectivity index (χ1v) is 12.0. The summed E-state index contributed by atoms with van der Waals surface area (Å²) < 4.78 is 24.2. The molecule has 1 aliphatic heterocycles. The van der Waals surface area contributed by atoms with E-state index in [2.05, 4.69) is 9.97 Å². The van der Waals surface area contributed by atoms with E-state index in [0.717, 1.165) is 0 Å². The van der Waals surface area contributed by atoms with Crippen LogP contribution in [0.2, 0.25) is 0 Å². The molecule has 36 heavy (non-hydrogen) atoms. The van der Waals surface area contributed by atoms with Gasteiger partial charge in [-0.3, -0.25) is 14.2 Å². The minimum Gasteiger partial charge on any atom is -0.463 e. The number of rotatable bonds is 8. The molecule has 4 rings (SSSR count). The normalized spacial score (nSPS) is 19.4. The van der Waals surface area contributed by atoms with Crippen LogP contribution in [0.5, 0.6) is 0 Å². The Morgan fingerprint density at radius 3 is 2.72 bits per heavy atom. The molecule has 14 heteroatoms. The largest absolute Gasteiger partial charge is 0.463 e. The van der Waals surface area contributed by atoms with Crippen molar-refractivity contribution in [1.82, 2.24) is 19.1 Å². The van der Waals surface area contributed by atoms with Crippen LogP contribution in [0.25, 0.3) is 11.2 Å². The number of hydrogen-bond acceptors (Lipinski definition) is 12. The zero-order chi connectivity index (χ0) is 26.0. The molecule has 0 aromatic carbocycles. The highest BCUT2D eigenvalue weighted by Gasteiger charge is 2.41. The van der Waals surface area contributed by atoms with E-state index in [-0.39, 0.29) is 37.8 Å². The number of nitrogens with zero attached hydrogens (tertiary/aromatic N) is 4. The number of carbonyl (C=O) groups excluding carboxylic acids is 3. The Kier molecular flexibility index (Phi) is 7.35. The average Bonchev–Trinajstić information content (AvgIpc) is 3.49. The number of esters is 3. The van der Waals surface area contributed by atoms with Gasteiger partial charge in [0.15, 0.2) is 11.9 Å². The number of imidazole rings is 1. The number of hydrogen-bond donors (Lipinski definition) is 1. The Labute approximate surface area is 208 Å². The molecule has 3 aromatic rings. The van der Waals surface area contributed by atoms with Crippen molar-refractivity contribution >= 4 is 46.4 Å². The van der Waals surface area contributed by atoms with Crippen molar-refractivity contribution in [3.8, 4) is 0 Å². The van der Waals surface area contributed by atoms with Crippen molar-refractivity contribution in [1.29, 1.82) is 0 Å². The number of nitrogen functional groups attached to an aromatic ring is 1. The van der Waals surface area contributed by atoms with Gasteiger partial charge in [0.25, 0.3) is 0 Å². The first-order chi connectivity index (χ1) is 17.2. The molecule has 0 radical (unpaired) electrons. The fourth-order valence-electron chi connectivity index (χ4n) is 3.97. The average molecular weight is 520 g/mol. The highest BCUT2D eigenvalue weighted by molar-refractivity contribution is 7.10. The summed E-state index contributed by atoms with van der Waals surface area (Å²) in [5.74, 6) is -1.56. The molecule has 0 unspecified atom stereocenters. The summed E-state index contributed by atoms with van der Waals surface area (Å²) in [6, 6.07) is 1.65. The Morgan fingerprint density at radius 1 is 1.25 bits per heavy atom. The molecule has 13 nitrogen and oxygen atoms in total. The monoisotopic (exact) mass is 519 g/mol. The SMILES string of the molecule is CCOC(=O)c1csc(Cn2c(=O)n([C@@H]3O[C@H](COC(C)=O)C[C@H]3OC(C)=O)c3nc(N)ncc32)c1. The lowest BCUT2D eigenvalue weighted by Crippen LogP contribution is -2.33. The molecule has 0 amide bonds. The van der Waals surface area contributed by atoms with Crippen molar-refractivity contribution in [2.24, 2.45) is 0 Å². The predicted octanol–water partition coefficient (Wildman–Crippen LogP) is 1.24. The van der Waals surface area contributed by atoms with Crippen LogP contribution in [0, 0.1) is 0 Å². The van der Waals surface area contributed by atoms with E-state index >= 15 is 0 Å². The van der Waals surface area contributed by atoms with E-state index in [1.165, 1.54) is 40.5 Å². The molecule has 192 valence electrons. The number of anilines is 1. The number of carbonyl (C=O) groups is 3. The van der Waals surface area contributed by atoms with Gasteiger partial charge in [0.1, 0.15) is 18.2 Å². The molecular formula is C22H25N5O8S. The number of nitrogens with two attached hydrogens (primary N) is 1. The Bertz CT molecular complexity index is 1360. The summed E-state index contributed by atoms with van der Waals surface area (Å²) in [7, 11) is 0. The quantitative estimate of drug-likeness (QED) is 0.336. The molecule has 0 saturated carbocycles. The molecular weight excluding hydrogens is 494 g/mol. The lowest BCUT2D eigenvalue weighted by atomic mass is 10.2. The number of aromatic nitrogens is 4. The van der Waals surface area contributed by atoms with E-state index in [1.54, 1.807) is 18.4 Å². The maximum absolute atomic E-state index is 13.7. The number of thiophene rings is 1. The molecule has 1 saturated heterocycles. The van der Waals surface area contributed by atoms with Gasteiger partial charge in [-0.15, -0.1) is 11.3 Å². The van der Waals surface area contributed by atoms with Crippen LogP contribution in [-0.2, 0) is 35.1 Å². The van der Waals surface area contributed by atoms with Crippen LogP contribution in [0.1, 0.15) is 48.7 Å². The molecule has 3 aromatic heterocycles. The minimum absolute atomic E-state index is 0.0624. The summed E-state index contributed by atoms with van der Waals surface area (Å²) >= 11 is 1.29. The summed E-state index contributed by atoms with van der Waals surface area (Å²) in [5, 5.41) is 1.66. The van der Waals surface area contributed by atoms with Crippen LogP contribution in [0.4, 0.5) is 5.95 Å². The van der Waals surface area contributed by atoms with Crippen LogP contribution >= 0.6 is 11.3 Å². The molecule has 3 atom stereocenters. The standard InChI is InChI=1S/C22H25N5O8S/c1-4-32-20(30)13-5-15(36-10-13)8-26-16-7-24-21(23)25-18(16)27(22(26)31)19-17(34-12(3)29)6-14(35-19)9-33-11(2)28/h5,7,10,14,17,19H,4,6,8-9H2,1-3H3,(H2,23,24,25)/t14-,17+,19+/m0/s1.